The molecule has 0 amide bonds. The highest BCUT2D eigenvalue weighted by Gasteiger charge is 2.02. The van der Waals surface area contributed by atoms with Crippen LogP contribution in [0.4, 0.5) is 0 Å². The van der Waals surface area contributed by atoms with Crippen LogP contribution in [0.5, 0.6) is 0 Å². The Hall–Kier alpha value is -0.0500. The van der Waals surface area contributed by atoms with E-state index in [1.54, 1.807) is 0 Å². The zero-order valence-electron chi connectivity index (χ0n) is 5.27. The van der Waals surface area contributed by atoms with E-state index >= 15 is 0 Å². The fourth-order valence-corrected chi connectivity index (χ4v) is 1.88. The van der Waals surface area contributed by atoms with Gasteiger partial charge in [0, 0.05) is 0 Å². The zero-order valence-corrected chi connectivity index (χ0v) is 7.59. The molecule has 54 valence electrons. The second kappa shape index (κ2) is 3.37. The monoisotopic (exact) mass is 193 g/mol. The molecule has 1 nitrogen and oxygen atoms in total. The number of allylic oxidation sites excluding steroid dienone is 1. The molecule has 1 aromatic heterocycles. The van der Waals surface area contributed by atoms with E-state index in [4.69, 9.17) is 23.2 Å². The van der Waals surface area contributed by atoms with E-state index in [9.17, 15) is 0 Å². The van der Waals surface area contributed by atoms with Crippen molar-refractivity contribution in [3.63, 3.8) is 0 Å². The molecule has 0 spiro atoms. The van der Waals surface area contributed by atoms with Crippen LogP contribution < -0.4 is 0 Å². The maximum atomic E-state index is 5.69. The average Bonchev–Trinajstić information content (AvgIpc) is 2.13. The van der Waals surface area contributed by atoms with Crippen LogP contribution in [0.2, 0.25) is 9.62 Å². The van der Waals surface area contributed by atoms with Gasteiger partial charge in [0.05, 0.1) is 4.88 Å². The molecular weight excluding hydrogens is 189 g/mol. The van der Waals surface area contributed by atoms with Gasteiger partial charge in [-0.1, -0.05) is 29.3 Å². The van der Waals surface area contributed by atoms with Crippen molar-refractivity contribution >= 4 is 40.6 Å². The quantitative estimate of drug-likeness (QED) is 0.666. The molecular formula is C6H5Cl2NS. The lowest BCUT2D eigenvalue weighted by Crippen LogP contribution is -1.62. The van der Waals surface area contributed by atoms with Crippen LogP contribution in [-0.4, -0.2) is 4.98 Å². The van der Waals surface area contributed by atoms with Gasteiger partial charge in [0.15, 0.2) is 4.47 Å². The third-order valence-corrected chi connectivity index (χ3v) is 2.43. The molecule has 0 atom stereocenters. The fraction of sp³-hybridized carbons (Fsp3) is 0.167. The number of aromatic nitrogens is 1. The highest BCUT2D eigenvalue weighted by molar-refractivity contribution is 7.17. The van der Waals surface area contributed by atoms with E-state index in [2.05, 4.69) is 4.98 Å². The number of hydrogen-bond acceptors (Lipinski definition) is 2. The Morgan fingerprint density at radius 2 is 2.20 bits per heavy atom. The fourth-order valence-electron chi connectivity index (χ4n) is 0.542. The Kier molecular flexibility index (Phi) is 2.72. The van der Waals surface area contributed by atoms with Crippen LogP contribution in [0.3, 0.4) is 0 Å². The molecule has 0 radical (unpaired) electrons. The Morgan fingerprint density at radius 3 is 2.60 bits per heavy atom. The van der Waals surface area contributed by atoms with Gasteiger partial charge in [0.1, 0.15) is 5.15 Å². The van der Waals surface area contributed by atoms with Crippen LogP contribution in [0.1, 0.15) is 11.8 Å². The maximum absolute atomic E-state index is 5.69. The molecule has 0 aliphatic heterocycles. The third-order valence-electron chi connectivity index (χ3n) is 0.902. The minimum Gasteiger partial charge on any atom is -0.212 e. The predicted molar refractivity (Wildman–Crippen MR) is 46.8 cm³/mol. The first-order chi connectivity index (χ1) is 4.74. The molecule has 1 aromatic rings. The summed E-state index contributed by atoms with van der Waals surface area (Å²) in [5.74, 6) is 0. The first-order valence-electron chi connectivity index (χ1n) is 2.68. The summed E-state index contributed by atoms with van der Waals surface area (Å²) in [7, 11) is 0. The van der Waals surface area contributed by atoms with Crippen molar-refractivity contribution in [2.75, 3.05) is 0 Å². The Balaban J connectivity index is 3.03. The van der Waals surface area contributed by atoms with E-state index < -0.39 is 0 Å². The first-order valence-corrected chi connectivity index (χ1v) is 4.26. The lowest BCUT2D eigenvalue weighted by Gasteiger charge is -1.79. The van der Waals surface area contributed by atoms with Gasteiger partial charge in [-0.15, -0.1) is 11.3 Å². The van der Waals surface area contributed by atoms with Gasteiger partial charge in [-0.25, -0.2) is 4.98 Å². The van der Waals surface area contributed by atoms with E-state index in [1.807, 2.05) is 19.1 Å². The minimum atomic E-state index is 0.480. The summed E-state index contributed by atoms with van der Waals surface area (Å²) in [5, 5.41) is 0.480. The lowest BCUT2D eigenvalue weighted by atomic mass is 10.5. The van der Waals surface area contributed by atoms with Gasteiger partial charge >= 0.3 is 0 Å². The number of nitrogens with zero attached hydrogens (tertiary/aromatic N) is 1. The largest absolute Gasteiger partial charge is 0.212 e. The van der Waals surface area contributed by atoms with E-state index in [0.717, 1.165) is 4.88 Å². The maximum Gasteiger partial charge on any atom is 0.185 e. The van der Waals surface area contributed by atoms with Crippen molar-refractivity contribution in [3.05, 3.63) is 20.6 Å². The molecule has 0 bridgehead atoms. The van der Waals surface area contributed by atoms with Gasteiger partial charge in [-0.05, 0) is 13.0 Å². The van der Waals surface area contributed by atoms with Crippen LogP contribution >= 0.6 is 34.5 Å². The molecule has 0 fully saturated rings. The van der Waals surface area contributed by atoms with Crippen molar-refractivity contribution in [2.24, 2.45) is 0 Å². The SMILES string of the molecule is CC=Cc1sc(Cl)nc1Cl. The molecule has 0 saturated carbocycles. The molecule has 0 saturated heterocycles. The highest BCUT2D eigenvalue weighted by Crippen LogP contribution is 2.27. The molecule has 0 unspecified atom stereocenters. The molecule has 0 aliphatic rings. The summed E-state index contributed by atoms with van der Waals surface area (Å²) in [6.07, 6.45) is 3.78. The van der Waals surface area contributed by atoms with Crippen LogP contribution in [-0.2, 0) is 0 Å². The number of rotatable bonds is 1. The third kappa shape index (κ3) is 1.72. The summed E-state index contributed by atoms with van der Waals surface area (Å²) in [4.78, 5) is 4.74. The summed E-state index contributed by atoms with van der Waals surface area (Å²) in [6, 6.07) is 0. The number of halogens is 2. The van der Waals surface area contributed by atoms with Crippen molar-refractivity contribution < 1.29 is 0 Å². The molecule has 1 heterocycles. The Bertz CT molecular complexity index is 254. The van der Waals surface area contributed by atoms with E-state index in [0.29, 0.717) is 9.62 Å². The second-order valence-electron chi connectivity index (χ2n) is 1.62. The van der Waals surface area contributed by atoms with E-state index in [1.165, 1.54) is 11.3 Å². The summed E-state index contributed by atoms with van der Waals surface area (Å²) in [6.45, 7) is 1.92. The second-order valence-corrected chi connectivity index (χ2v) is 3.59. The Labute approximate surface area is 73.3 Å². The smallest absolute Gasteiger partial charge is 0.185 e. The van der Waals surface area contributed by atoms with Crippen molar-refractivity contribution in [2.45, 2.75) is 6.92 Å². The number of thiazole rings is 1. The van der Waals surface area contributed by atoms with Gasteiger partial charge in [-0.2, -0.15) is 0 Å². The topological polar surface area (TPSA) is 12.9 Å². The molecule has 0 aromatic carbocycles. The molecule has 10 heavy (non-hydrogen) atoms. The van der Waals surface area contributed by atoms with Crippen molar-refractivity contribution in [1.29, 1.82) is 0 Å². The minimum absolute atomic E-state index is 0.480. The summed E-state index contributed by atoms with van der Waals surface area (Å²) >= 11 is 12.7. The number of hydrogen-bond donors (Lipinski definition) is 0. The average molecular weight is 194 g/mol. The van der Waals surface area contributed by atoms with Crippen molar-refractivity contribution in [3.8, 4) is 0 Å². The summed E-state index contributed by atoms with van der Waals surface area (Å²) < 4.78 is 0.484. The van der Waals surface area contributed by atoms with Crippen LogP contribution in [0, 0.1) is 0 Å². The standard InChI is InChI=1S/C6H5Cl2NS/c1-2-3-4-5(7)9-6(8)10-4/h2-3H,1H3. The van der Waals surface area contributed by atoms with Crippen LogP contribution in [0.15, 0.2) is 6.08 Å². The van der Waals surface area contributed by atoms with E-state index in [-0.39, 0.29) is 0 Å². The van der Waals surface area contributed by atoms with Gasteiger partial charge in [-0.3, -0.25) is 0 Å². The van der Waals surface area contributed by atoms with Crippen molar-refractivity contribution in [1.82, 2.24) is 4.98 Å². The zero-order chi connectivity index (χ0) is 7.56. The lowest BCUT2D eigenvalue weighted by molar-refractivity contribution is 1.42. The highest BCUT2D eigenvalue weighted by atomic mass is 35.5. The first kappa shape index (κ1) is 8.05. The predicted octanol–water partition coefficient (Wildman–Crippen LogP) is 3.48. The molecule has 1 rings (SSSR count). The van der Waals surface area contributed by atoms with Gasteiger partial charge in [0.25, 0.3) is 0 Å². The Morgan fingerprint density at radius 1 is 1.50 bits per heavy atom. The van der Waals surface area contributed by atoms with Crippen LogP contribution in [0.25, 0.3) is 6.08 Å². The van der Waals surface area contributed by atoms with Gasteiger partial charge < -0.3 is 0 Å². The summed E-state index contributed by atoms with van der Waals surface area (Å²) in [5.41, 5.74) is 0. The normalized spacial score (nSPS) is 11.1. The molecule has 4 heteroatoms. The van der Waals surface area contributed by atoms with Gasteiger partial charge in [0.2, 0.25) is 0 Å². The molecule has 0 aliphatic carbocycles. The molecule has 0 N–H and O–H groups in total.